The summed E-state index contributed by atoms with van der Waals surface area (Å²) in [5, 5.41) is 8.72. The van der Waals surface area contributed by atoms with Crippen LogP contribution in [0.5, 0.6) is 5.75 Å². The zero-order chi connectivity index (χ0) is 10.6. The van der Waals surface area contributed by atoms with E-state index < -0.39 is 0 Å². The number of nitrogens with zero attached hydrogens (tertiary/aromatic N) is 1. The van der Waals surface area contributed by atoms with E-state index in [1.807, 2.05) is 45.0 Å². The molecule has 0 amide bonds. The summed E-state index contributed by atoms with van der Waals surface area (Å²) in [4.78, 5) is 0. The summed E-state index contributed by atoms with van der Waals surface area (Å²) in [7, 11) is 0. The van der Waals surface area contributed by atoms with Crippen LogP contribution >= 0.6 is 0 Å². The minimum Gasteiger partial charge on any atom is -0.491 e. The van der Waals surface area contributed by atoms with Gasteiger partial charge in [-0.05, 0) is 38.5 Å². The van der Waals surface area contributed by atoms with Gasteiger partial charge in [-0.1, -0.05) is 12.1 Å². The zero-order valence-corrected chi connectivity index (χ0v) is 8.82. The number of ether oxygens (including phenoxy) is 1. The average Bonchev–Trinajstić information content (AvgIpc) is 2.17. The molecule has 0 N–H and O–H groups in total. The summed E-state index contributed by atoms with van der Waals surface area (Å²) in [5.41, 5.74) is 1.03. The van der Waals surface area contributed by atoms with E-state index in [0.717, 1.165) is 11.3 Å². The Hall–Kier alpha value is -1.49. The van der Waals surface area contributed by atoms with Gasteiger partial charge in [0.2, 0.25) is 0 Å². The lowest BCUT2D eigenvalue weighted by molar-refractivity contribution is 0.242. The normalized spacial score (nSPS) is 12.2. The van der Waals surface area contributed by atoms with Gasteiger partial charge in [0.05, 0.1) is 18.1 Å². The van der Waals surface area contributed by atoms with Crippen LogP contribution in [0.4, 0.5) is 0 Å². The van der Waals surface area contributed by atoms with Gasteiger partial charge in [-0.25, -0.2) is 0 Å². The van der Waals surface area contributed by atoms with Crippen LogP contribution < -0.4 is 4.74 Å². The molecule has 0 fully saturated rings. The Kier molecular flexibility index (Phi) is 3.53. The quantitative estimate of drug-likeness (QED) is 0.732. The van der Waals surface area contributed by atoms with Crippen LogP contribution in [0.15, 0.2) is 24.3 Å². The van der Waals surface area contributed by atoms with Crippen LogP contribution in [0.1, 0.15) is 32.3 Å². The summed E-state index contributed by atoms with van der Waals surface area (Å²) in [6.07, 6.45) is 0.189. The highest BCUT2D eigenvalue weighted by Crippen LogP contribution is 2.19. The molecule has 74 valence electrons. The molecule has 1 rings (SSSR count). The van der Waals surface area contributed by atoms with Gasteiger partial charge in [-0.3, -0.25) is 0 Å². The molecule has 0 aliphatic heterocycles. The van der Waals surface area contributed by atoms with Gasteiger partial charge in [0.15, 0.2) is 0 Å². The minimum absolute atomic E-state index is 0.0527. The third-order valence-electron chi connectivity index (χ3n) is 1.95. The van der Waals surface area contributed by atoms with Gasteiger partial charge in [-0.15, -0.1) is 0 Å². The second-order valence-corrected chi connectivity index (χ2v) is 3.59. The second-order valence-electron chi connectivity index (χ2n) is 3.59. The van der Waals surface area contributed by atoms with Crippen LogP contribution in [0.25, 0.3) is 0 Å². The van der Waals surface area contributed by atoms with Gasteiger partial charge in [0.1, 0.15) is 5.75 Å². The third-order valence-corrected chi connectivity index (χ3v) is 1.95. The molecule has 0 radical (unpaired) electrons. The molecule has 0 saturated carbocycles. The molecule has 1 aromatic carbocycles. The molecule has 1 aromatic rings. The van der Waals surface area contributed by atoms with E-state index in [9.17, 15) is 0 Å². The Morgan fingerprint density at radius 2 is 1.71 bits per heavy atom. The fraction of sp³-hybridized carbons (Fsp3) is 0.417. The first kappa shape index (κ1) is 10.6. The largest absolute Gasteiger partial charge is 0.491 e. The average molecular weight is 189 g/mol. The maximum Gasteiger partial charge on any atom is 0.119 e. The Morgan fingerprint density at radius 1 is 1.14 bits per heavy atom. The molecule has 1 unspecified atom stereocenters. The summed E-state index contributed by atoms with van der Waals surface area (Å²) < 4.78 is 5.50. The van der Waals surface area contributed by atoms with Gasteiger partial charge in [-0.2, -0.15) is 5.26 Å². The topological polar surface area (TPSA) is 33.0 Å². The Morgan fingerprint density at radius 3 is 2.14 bits per heavy atom. The van der Waals surface area contributed by atoms with E-state index in [0.29, 0.717) is 0 Å². The van der Waals surface area contributed by atoms with Crippen LogP contribution in [0, 0.1) is 11.3 Å². The lowest BCUT2D eigenvalue weighted by Gasteiger charge is -2.10. The lowest BCUT2D eigenvalue weighted by Crippen LogP contribution is -2.05. The highest BCUT2D eigenvalue weighted by atomic mass is 16.5. The molecule has 14 heavy (non-hydrogen) atoms. The van der Waals surface area contributed by atoms with E-state index in [-0.39, 0.29) is 12.0 Å². The van der Waals surface area contributed by atoms with Crippen molar-refractivity contribution >= 4 is 0 Å². The number of hydrogen-bond acceptors (Lipinski definition) is 2. The highest BCUT2D eigenvalue weighted by Gasteiger charge is 2.03. The first-order valence-electron chi connectivity index (χ1n) is 4.79. The van der Waals surface area contributed by atoms with E-state index in [4.69, 9.17) is 10.00 Å². The van der Waals surface area contributed by atoms with Crippen molar-refractivity contribution in [2.24, 2.45) is 0 Å². The first-order valence-corrected chi connectivity index (χ1v) is 4.79. The smallest absolute Gasteiger partial charge is 0.119 e. The van der Waals surface area contributed by atoms with Gasteiger partial charge >= 0.3 is 0 Å². The van der Waals surface area contributed by atoms with Crippen molar-refractivity contribution in [3.63, 3.8) is 0 Å². The van der Waals surface area contributed by atoms with Crippen LogP contribution in [0.3, 0.4) is 0 Å². The SMILES string of the molecule is CC(C)Oc1ccc(C(C)C#N)cc1. The van der Waals surface area contributed by atoms with E-state index in [2.05, 4.69) is 6.07 Å². The predicted molar refractivity (Wildman–Crippen MR) is 56.2 cm³/mol. The molecule has 0 bridgehead atoms. The molecular formula is C12H15NO. The number of benzene rings is 1. The van der Waals surface area contributed by atoms with Crippen molar-refractivity contribution in [1.29, 1.82) is 5.26 Å². The van der Waals surface area contributed by atoms with Crippen molar-refractivity contribution in [2.45, 2.75) is 32.8 Å². The van der Waals surface area contributed by atoms with E-state index in [1.165, 1.54) is 0 Å². The number of nitriles is 1. The summed E-state index contributed by atoms with van der Waals surface area (Å²) in [6.45, 7) is 5.87. The summed E-state index contributed by atoms with van der Waals surface area (Å²) in [6, 6.07) is 9.88. The molecule has 0 aliphatic rings. The van der Waals surface area contributed by atoms with Crippen molar-refractivity contribution in [2.75, 3.05) is 0 Å². The Bertz CT molecular complexity index is 321. The summed E-state index contributed by atoms with van der Waals surface area (Å²) in [5.74, 6) is 0.803. The highest BCUT2D eigenvalue weighted by molar-refractivity contribution is 5.31. The third kappa shape index (κ3) is 2.77. The molecule has 2 heteroatoms. The van der Waals surface area contributed by atoms with Crippen LogP contribution in [-0.2, 0) is 0 Å². The monoisotopic (exact) mass is 189 g/mol. The fourth-order valence-electron chi connectivity index (χ4n) is 1.18. The molecule has 0 aromatic heterocycles. The molecule has 1 atom stereocenters. The van der Waals surface area contributed by atoms with Crippen LogP contribution in [0.2, 0.25) is 0 Å². The molecule has 0 saturated heterocycles. The van der Waals surface area contributed by atoms with E-state index >= 15 is 0 Å². The maximum atomic E-state index is 8.72. The van der Waals surface area contributed by atoms with Crippen molar-refractivity contribution < 1.29 is 4.74 Å². The standard InChI is InChI=1S/C12H15NO/c1-9(2)14-12-6-4-11(5-7-12)10(3)8-13/h4-7,9-10H,1-3H3. The fourth-order valence-corrected chi connectivity index (χ4v) is 1.18. The minimum atomic E-state index is -0.0527. The number of hydrogen-bond donors (Lipinski definition) is 0. The lowest BCUT2D eigenvalue weighted by atomic mass is 10.0. The van der Waals surface area contributed by atoms with Crippen molar-refractivity contribution in [3.8, 4) is 11.8 Å². The van der Waals surface area contributed by atoms with Gasteiger partial charge in [0.25, 0.3) is 0 Å². The van der Waals surface area contributed by atoms with Crippen LogP contribution in [-0.4, -0.2) is 6.10 Å². The molecule has 0 heterocycles. The van der Waals surface area contributed by atoms with Crippen molar-refractivity contribution in [1.82, 2.24) is 0 Å². The maximum absolute atomic E-state index is 8.72. The van der Waals surface area contributed by atoms with Crippen molar-refractivity contribution in [3.05, 3.63) is 29.8 Å². The van der Waals surface area contributed by atoms with Gasteiger partial charge < -0.3 is 4.74 Å². The zero-order valence-electron chi connectivity index (χ0n) is 8.82. The molecule has 0 aliphatic carbocycles. The first-order chi connectivity index (χ1) is 6.63. The Labute approximate surface area is 85.1 Å². The number of rotatable bonds is 3. The Balaban J connectivity index is 2.74. The molecule has 0 spiro atoms. The van der Waals surface area contributed by atoms with E-state index in [1.54, 1.807) is 0 Å². The molecule has 2 nitrogen and oxygen atoms in total. The predicted octanol–water partition coefficient (Wildman–Crippen LogP) is 3.10. The summed E-state index contributed by atoms with van der Waals surface area (Å²) >= 11 is 0. The van der Waals surface area contributed by atoms with Gasteiger partial charge in [0, 0.05) is 0 Å². The molecular weight excluding hydrogens is 174 g/mol. The second kappa shape index (κ2) is 4.66.